The quantitative estimate of drug-likeness (QED) is 0.591. The lowest BCUT2D eigenvalue weighted by atomic mass is 9.90. The molecule has 1 N–H and O–H groups in total. The fourth-order valence-electron chi connectivity index (χ4n) is 4.84. The zero-order chi connectivity index (χ0) is 22.1. The predicted octanol–water partition coefficient (Wildman–Crippen LogP) is 3.07. The molecule has 7 heteroatoms. The van der Waals surface area contributed by atoms with Crippen LogP contribution in [0.1, 0.15) is 27.2 Å². The van der Waals surface area contributed by atoms with Gasteiger partial charge in [-0.25, -0.2) is 0 Å². The molecule has 0 spiro atoms. The highest BCUT2D eigenvalue weighted by Crippen LogP contribution is 2.49. The molecule has 2 amide bonds. The van der Waals surface area contributed by atoms with Crippen molar-refractivity contribution in [2.75, 3.05) is 26.2 Å². The second-order valence-corrected chi connectivity index (χ2v) is 8.41. The number of amides is 2. The van der Waals surface area contributed by atoms with Gasteiger partial charge in [0.25, 0.3) is 5.91 Å². The number of halogens is 1. The van der Waals surface area contributed by atoms with Gasteiger partial charge in [0.15, 0.2) is 5.66 Å². The molecule has 1 aromatic heterocycles. The van der Waals surface area contributed by atoms with E-state index in [4.69, 9.17) is 11.6 Å². The number of fused-ring (bicyclic) bond motifs is 3. The topological polar surface area (TPSA) is 65.5 Å². The normalized spacial score (nSPS) is 19.2. The van der Waals surface area contributed by atoms with Crippen molar-refractivity contribution >= 4 is 23.4 Å². The lowest BCUT2D eigenvalue weighted by molar-refractivity contribution is -0.135. The van der Waals surface area contributed by atoms with Crippen LogP contribution in [0.3, 0.4) is 0 Å². The molecule has 1 fully saturated rings. The highest BCUT2D eigenvalue weighted by molar-refractivity contribution is 6.30. The molecule has 1 saturated heterocycles. The van der Waals surface area contributed by atoms with Crippen LogP contribution in [0.4, 0.5) is 0 Å². The van der Waals surface area contributed by atoms with Gasteiger partial charge in [0.05, 0.1) is 6.54 Å². The Morgan fingerprint density at radius 3 is 2.59 bits per heavy atom. The third-order valence-electron chi connectivity index (χ3n) is 6.21. The van der Waals surface area contributed by atoms with E-state index in [9.17, 15) is 9.59 Å². The standard InChI is InChI=1S/C25H23ClN4O2/c26-19-10-8-18(9-11-19)25-22-7-2-1-6-21(22)24(32)30(25)16-15-29(25)23(31)17-27-14-12-20-5-3-4-13-28-20/h1-11,13,27H,12,14-17H2. The Morgan fingerprint density at radius 2 is 1.81 bits per heavy atom. The molecule has 3 aromatic rings. The first-order valence-corrected chi connectivity index (χ1v) is 11.1. The lowest BCUT2D eigenvalue weighted by Crippen LogP contribution is -2.53. The van der Waals surface area contributed by atoms with Gasteiger partial charge in [-0.2, -0.15) is 0 Å². The number of rotatable bonds is 6. The van der Waals surface area contributed by atoms with E-state index in [0.717, 1.165) is 23.2 Å². The summed E-state index contributed by atoms with van der Waals surface area (Å²) in [5.41, 5.74) is 2.37. The van der Waals surface area contributed by atoms with Crippen molar-refractivity contribution in [1.29, 1.82) is 0 Å². The Kier molecular flexibility index (Phi) is 5.41. The largest absolute Gasteiger partial charge is 0.309 e. The van der Waals surface area contributed by atoms with E-state index in [1.807, 2.05) is 64.4 Å². The third-order valence-corrected chi connectivity index (χ3v) is 6.47. The summed E-state index contributed by atoms with van der Waals surface area (Å²) < 4.78 is 0. The molecule has 0 saturated carbocycles. The van der Waals surface area contributed by atoms with Crippen molar-refractivity contribution in [3.8, 4) is 0 Å². The molecule has 0 aliphatic carbocycles. The summed E-state index contributed by atoms with van der Waals surface area (Å²) in [5, 5.41) is 3.86. The van der Waals surface area contributed by atoms with Gasteiger partial charge in [-0.05, 0) is 30.3 Å². The van der Waals surface area contributed by atoms with E-state index in [0.29, 0.717) is 30.2 Å². The summed E-state index contributed by atoms with van der Waals surface area (Å²) in [6.45, 7) is 1.79. The maximum atomic E-state index is 13.4. The maximum Gasteiger partial charge on any atom is 0.256 e. The minimum atomic E-state index is -0.946. The first kappa shape index (κ1) is 20.7. The lowest BCUT2D eigenvalue weighted by Gasteiger charge is -2.40. The minimum absolute atomic E-state index is 0.0473. The van der Waals surface area contributed by atoms with Gasteiger partial charge >= 0.3 is 0 Å². The van der Waals surface area contributed by atoms with Crippen LogP contribution in [0.2, 0.25) is 5.02 Å². The SMILES string of the molecule is O=C(CNCCc1ccccn1)N1CCN2C(=O)c3ccccc3C12c1ccc(Cl)cc1. The van der Waals surface area contributed by atoms with E-state index in [2.05, 4.69) is 10.3 Å². The summed E-state index contributed by atoms with van der Waals surface area (Å²) in [6.07, 6.45) is 2.51. The molecule has 1 atom stereocenters. The van der Waals surface area contributed by atoms with Gasteiger partial charge in [0, 0.05) is 59.7 Å². The number of hydrogen-bond acceptors (Lipinski definition) is 4. The summed E-state index contributed by atoms with van der Waals surface area (Å²) in [6, 6.07) is 20.8. The molecule has 2 aliphatic rings. The van der Waals surface area contributed by atoms with Gasteiger partial charge in [-0.3, -0.25) is 14.6 Å². The Hall–Kier alpha value is -3.22. The molecule has 0 radical (unpaired) electrons. The number of carbonyl (C=O) groups is 2. The highest BCUT2D eigenvalue weighted by atomic mass is 35.5. The van der Waals surface area contributed by atoms with Gasteiger partial charge in [-0.15, -0.1) is 0 Å². The van der Waals surface area contributed by atoms with Crippen molar-refractivity contribution in [2.45, 2.75) is 12.1 Å². The van der Waals surface area contributed by atoms with E-state index >= 15 is 0 Å². The maximum absolute atomic E-state index is 13.4. The number of aromatic nitrogens is 1. The molecule has 162 valence electrons. The zero-order valence-electron chi connectivity index (χ0n) is 17.5. The van der Waals surface area contributed by atoms with Crippen LogP contribution in [0.15, 0.2) is 72.9 Å². The third kappa shape index (κ3) is 3.27. The number of benzene rings is 2. The van der Waals surface area contributed by atoms with E-state index in [-0.39, 0.29) is 18.4 Å². The van der Waals surface area contributed by atoms with E-state index < -0.39 is 5.66 Å². The van der Waals surface area contributed by atoms with Crippen LogP contribution in [-0.2, 0) is 16.9 Å². The summed E-state index contributed by atoms with van der Waals surface area (Å²) >= 11 is 6.15. The minimum Gasteiger partial charge on any atom is -0.309 e. The van der Waals surface area contributed by atoms with Crippen molar-refractivity contribution in [3.63, 3.8) is 0 Å². The molecular formula is C25H23ClN4O2. The van der Waals surface area contributed by atoms with Gasteiger partial charge < -0.3 is 15.1 Å². The van der Waals surface area contributed by atoms with Gasteiger partial charge in [0.1, 0.15) is 0 Å². The molecule has 2 aliphatic heterocycles. The van der Waals surface area contributed by atoms with Crippen LogP contribution < -0.4 is 5.32 Å². The Balaban J connectivity index is 1.43. The molecule has 32 heavy (non-hydrogen) atoms. The number of pyridine rings is 1. The van der Waals surface area contributed by atoms with Crippen LogP contribution >= 0.6 is 11.6 Å². The molecule has 1 unspecified atom stereocenters. The molecule has 0 bridgehead atoms. The molecule has 3 heterocycles. The van der Waals surface area contributed by atoms with Gasteiger partial charge in [0.2, 0.25) is 5.91 Å². The Labute approximate surface area is 191 Å². The monoisotopic (exact) mass is 446 g/mol. The summed E-state index contributed by atoms with van der Waals surface area (Å²) in [5.74, 6) is -0.0954. The Bertz CT molecular complexity index is 1150. The second-order valence-electron chi connectivity index (χ2n) is 7.97. The number of nitrogens with one attached hydrogen (secondary N) is 1. The van der Waals surface area contributed by atoms with Crippen LogP contribution in [0.25, 0.3) is 0 Å². The average Bonchev–Trinajstić information content (AvgIpc) is 3.33. The van der Waals surface area contributed by atoms with Crippen molar-refractivity contribution in [1.82, 2.24) is 20.1 Å². The van der Waals surface area contributed by atoms with Crippen molar-refractivity contribution in [3.05, 3.63) is 100 Å². The Morgan fingerprint density at radius 1 is 1.03 bits per heavy atom. The van der Waals surface area contributed by atoms with Crippen LogP contribution in [0.5, 0.6) is 0 Å². The average molecular weight is 447 g/mol. The molecule has 2 aromatic carbocycles. The smallest absolute Gasteiger partial charge is 0.256 e. The fraction of sp³-hybridized carbons (Fsp3) is 0.240. The highest BCUT2D eigenvalue weighted by Gasteiger charge is 2.59. The number of nitrogens with zero attached hydrogens (tertiary/aromatic N) is 3. The molecular weight excluding hydrogens is 424 g/mol. The first-order valence-electron chi connectivity index (χ1n) is 10.7. The number of hydrogen-bond donors (Lipinski definition) is 1. The summed E-state index contributed by atoms with van der Waals surface area (Å²) in [7, 11) is 0. The predicted molar refractivity (Wildman–Crippen MR) is 122 cm³/mol. The van der Waals surface area contributed by atoms with Crippen molar-refractivity contribution < 1.29 is 9.59 Å². The molecule has 6 nitrogen and oxygen atoms in total. The molecule has 5 rings (SSSR count). The second kappa shape index (κ2) is 8.37. The fourth-order valence-corrected chi connectivity index (χ4v) is 4.96. The first-order chi connectivity index (χ1) is 15.6. The van der Waals surface area contributed by atoms with Gasteiger partial charge in [-0.1, -0.05) is 48.0 Å². The van der Waals surface area contributed by atoms with Crippen molar-refractivity contribution in [2.24, 2.45) is 0 Å². The van der Waals surface area contributed by atoms with E-state index in [1.165, 1.54) is 0 Å². The van der Waals surface area contributed by atoms with Crippen LogP contribution in [0, 0.1) is 0 Å². The zero-order valence-corrected chi connectivity index (χ0v) is 18.3. The number of carbonyl (C=O) groups excluding carboxylic acids is 2. The van der Waals surface area contributed by atoms with Crippen LogP contribution in [-0.4, -0.2) is 52.8 Å². The summed E-state index contributed by atoms with van der Waals surface area (Å²) in [4.78, 5) is 34.6. The van der Waals surface area contributed by atoms with E-state index in [1.54, 1.807) is 18.3 Å².